The standard InChI is InChI=1S/3C25H40O5/c1-2-23-24(30-23)18-16-14-12-10-8-6-4-3-5-7-9-11-13-15-17-19-25(28)29-21-22(27)20-26;1-2-3-14-17-23-24(30-23)18-15-12-10-8-6-4-5-7-9-11-13-16-19-25(28)29-21-22(27)20-26;1-2-3-4-5-11-14-17-23-24(30-23)18-15-12-9-7-6-8-10-13-16-19-25(28)29-21-22(27)20-26/h3-4,7-10,14,16,22-24,26-27H,2,5-6,11-13,15,17-21H2,1H3;3,5-8,12,14-15,22-24,26-27H,2,4,9-11,13,16-21H2,1H3;3-4,6-7,11-12,14-15,22-24,26-27H,2,5,8-10,13,16-21H2,1H3/b4-3-,9-7-,10-8-,16-14-;7-5-,8-6-,14-3-,15-12-;4-3-,7-6-,14-11-,15-12-. The molecule has 0 aromatic carbocycles. The second-order valence-electron chi connectivity index (χ2n) is 22.7. The molecular formula is C75H120O15. The Morgan fingerprint density at radius 2 is 0.556 bits per heavy atom. The molecule has 6 N–H and O–H groups in total. The number of ether oxygens (including phenoxy) is 6. The molecule has 3 aliphatic heterocycles. The lowest BCUT2D eigenvalue weighted by atomic mass is 10.1. The molecule has 15 heteroatoms. The predicted octanol–water partition coefficient (Wildman–Crippen LogP) is 14.4. The highest BCUT2D eigenvalue weighted by Crippen LogP contribution is 2.30. The van der Waals surface area contributed by atoms with Crippen LogP contribution in [0.15, 0.2) is 146 Å². The Balaban J connectivity index is 0.000000675. The summed E-state index contributed by atoms with van der Waals surface area (Å²) in [7, 11) is 0. The van der Waals surface area contributed by atoms with Crippen LogP contribution >= 0.6 is 0 Å². The van der Waals surface area contributed by atoms with Gasteiger partial charge in [-0.15, -0.1) is 0 Å². The van der Waals surface area contributed by atoms with E-state index in [0.717, 1.165) is 173 Å². The van der Waals surface area contributed by atoms with Gasteiger partial charge in [-0.25, -0.2) is 0 Å². The third-order valence-electron chi connectivity index (χ3n) is 14.4. The number of rotatable bonds is 54. The third-order valence-corrected chi connectivity index (χ3v) is 14.4. The smallest absolute Gasteiger partial charge is 0.305 e. The summed E-state index contributed by atoms with van der Waals surface area (Å²) >= 11 is 0. The Labute approximate surface area is 542 Å². The first-order valence-corrected chi connectivity index (χ1v) is 34.1. The fourth-order valence-electron chi connectivity index (χ4n) is 8.74. The molecule has 0 aliphatic carbocycles. The topological polar surface area (TPSA) is 238 Å². The molecule has 0 aromatic rings. The summed E-state index contributed by atoms with van der Waals surface area (Å²) < 4.78 is 31.4. The highest BCUT2D eigenvalue weighted by Gasteiger charge is 2.37. The van der Waals surface area contributed by atoms with Gasteiger partial charge < -0.3 is 59.1 Å². The number of carbonyl (C=O) groups is 3. The van der Waals surface area contributed by atoms with Crippen LogP contribution in [0.1, 0.15) is 213 Å². The van der Waals surface area contributed by atoms with E-state index < -0.39 is 24.9 Å². The van der Waals surface area contributed by atoms with E-state index in [-0.39, 0.29) is 50.9 Å². The van der Waals surface area contributed by atoms with Crippen molar-refractivity contribution in [3.8, 4) is 0 Å². The van der Waals surface area contributed by atoms with Gasteiger partial charge in [-0.3, -0.25) is 14.4 Å². The van der Waals surface area contributed by atoms with Crippen molar-refractivity contribution in [2.24, 2.45) is 0 Å². The quantitative estimate of drug-likeness (QED) is 0.0109. The Morgan fingerprint density at radius 1 is 0.322 bits per heavy atom. The van der Waals surface area contributed by atoms with Crippen molar-refractivity contribution < 1.29 is 73.4 Å². The van der Waals surface area contributed by atoms with Crippen LogP contribution in [0.2, 0.25) is 0 Å². The highest BCUT2D eigenvalue weighted by molar-refractivity contribution is 5.70. The fraction of sp³-hybridized carbons (Fsp3) is 0.640. The minimum Gasteiger partial charge on any atom is -0.463 e. The second-order valence-corrected chi connectivity index (χ2v) is 22.7. The van der Waals surface area contributed by atoms with Gasteiger partial charge in [0.1, 0.15) is 38.1 Å². The fourth-order valence-corrected chi connectivity index (χ4v) is 8.74. The van der Waals surface area contributed by atoms with Crippen molar-refractivity contribution in [1.29, 1.82) is 0 Å². The van der Waals surface area contributed by atoms with E-state index >= 15 is 0 Å². The second kappa shape index (κ2) is 61.4. The largest absolute Gasteiger partial charge is 0.463 e. The van der Waals surface area contributed by atoms with Crippen LogP contribution in [0.5, 0.6) is 0 Å². The molecule has 510 valence electrons. The Morgan fingerprint density at radius 3 is 0.822 bits per heavy atom. The van der Waals surface area contributed by atoms with E-state index in [1.165, 1.54) is 0 Å². The number of hydrogen-bond acceptors (Lipinski definition) is 15. The summed E-state index contributed by atoms with van der Waals surface area (Å²) in [6, 6.07) is 0. The first-order chi connectivity index (χ1) is 44.0. The zero-order valence-electron chi connectivity index (χ0n) is 55.4. The maximum atomic E-state index is 11.4. The van der Waals surface area contributed by atoms with E-state index in [2.05, 4.69) is 167 Å². The minimum absolute atomic E-state index is 0.131. The molecule has 0 bridgehead atoms. The summed E-state index contributed by atoms with van der Waals surface area (Å²) in [5.74, 6) is -0.942. The molecule has 3 rings (SSSR count). The number of epoxide rings is 3. The summed E-state index contributed by atoms with van der Waals surface area (Å²) in [4.78, 5) is 34.2. The summed E-state index contributed by atoms with van der Waals surface area (Å²) in [6.07, 6.45) is 80.2. The maximum Gasteiger partial charge on any atom is 0.305 e. The normalized spacial score (nSPS) is 20.1. The van der Waals surface area contributed by atoms with Crippen LogP contribution in [0.4, 0.5) is 0 Å². The first kappa shape index (κ1) is 82.9. The number of carbonyl (C=O) groups excluding carboxylic acids is 3. The van der Waals surface area contributed by atoms with Crippen LogP contribution in [-0.2, 0) is 42.8 Å². The van der Waals surface area contributed by atoms with Gasteiger partial charge in [-0.2, -0.15) is 0 Å². The van der Waals surface area contributed by atoms with Crippen molar-refractivity contribution in [2.75, 3.05) is 39.6 Å². The number of aliphatic hydroxyl groups excluding tert-OH is 6. The van der Waals surface area contributed by atoms with Gasteiger partial charge in [-0.05, 0) is 154 Å². The van der Waals surface area contributed by atoms with Crippen molar-refractivity contribution >= 4 is 17.9 Å². The molecule has 0 saturated carbocycles. The molecule has 3 heterocycles. The lowest BCUT2D eigenvalue weighted by molar-refractivity contribution is -0.148. The zero-order chi connectivity index (χ0) is 65.6. The maximum absolute atomic E-state index is 11.4. The number of aliphatic hydroxyl groups is 6. The third kappa shape index (κ3) is 55.7. The summed E-state index contributed by atoms with van der Waals surface area (Å²) in [6.45, 7) is 4.90. The zero-order valence-corrected chi connectivity index (χ0v) is 55.4. The Bertz CT molecular complexity index is 2120. The van der Waals surface area contributed by atoms with E-state index in [1.54, 1.807) is 0 Å². The van der Waals surface area contributed by atoms with Gasteiger partial charge in [0, 0.05) is 19.3 Å². The molecular weight excluding hydrogens is 1140 g/mol. The van der Waals surface area contributed by atoms with Crippen LogP contribution in [0.3, 0.4) is 0 Å². The van der Waals surface area contributed by atoms with E-state index in [0.29, 0.717) is 55.9 Å². The first-order valence-electron chi connectivity index (χ1n) is 34.1. The van der Waals surface area contributed by atoms with Crippen molar-refractivity contribution in [3.63, 3.8) is 0 Å². The van der Waals surface area contributed by atoms with Gasteiger partial charge in [0.25, 0.3) is 0 Å². The molecule has 0 amide bonds. The average molecular weight is 1260 g/mol. The average Bonchev–Trinajstić information content (AvgIpc) is 3.53. The lowest BCUT2D eigenvalue weighted by Crippen LogP contribution is -2.21. The van der Waals surface area contributed by atoms with E-state index in [4.69, 9.17) is 59.1 Å². The van der Waals surface area contributed by atoms with Crippen LogP contribution in [0, 0.1) is 0 Å². The number of esters is 3. The molecule has 3 aliphatic rings. The van der Waals surface area contributed by atoms with Gasteiger partial charge in [0.05, 0.1) is 56.4 Å². The molecule has 3 saturated heterocycles. The van der Waals surface area contributed by atoms with Gasteiger partial charge in [-0.1, -0.05) is 186 Å². The monoisotopic (exact) mass is 1260 g/mol. The summed E-state index contributed by atoms with van der Waals surface area (Å²) in [5, 5.41) is 53.2. The molecule has 0 spiro atoms. The van der Waals surface area contributed by atoms with Crippen LogP contribution < -0.4 is 0 Å². The highest BCUT2D eigenvalue weighted by atomic mass is 16.6. The van der Waals surface area contributed by atoms with E-state index in [1.807, 2.05) is 0 Å². The Hall–Kier alpha value is -5.07. The van der Waals surface area contributed by atoms with Crippen molar-refractivity contribution in [1.82, 2.24) is 0 Å². The molecule has 9 atom stereocenters. The molecule has 0 aromatic heterocycles. The number of hydrogen-bond donors (Lipinski definition) is 6. The lowest BCUT2D eigenvalue weighted by Gasteiger charge is -2.08. The van der Waals surface area contributed by atoms with Crippen molar-refractivity contribution in [2.45, 2.75) is 268 Å². The predicted molar refractivity (Wildman–Crippen MR) is 363 cm³/mol. The number of allylic oxidation sites excluding steroid dienone is 19. The SMILES string of the molecule is CC/C=C\C/C=C\CC1OC1C/C=C\C/C=C\CCCCCC(=O)OCC(O)CO.CC/C=C\CC1OC1C/C=C\C/C=C\C/C=C\CCCCCC(=O)OCC(O)CO.CCC1OC1C/C=C\C/C=C\C/C=C\C/C=C\CCCCCC(=O)OCC(O)CO. The molecule has 3 fully saturated rings. The molecule has 9 unspecified atom stereocenters. The number of unbranched alkanes of at least 4 members (excludes halogenated alkanes) is 9. The van der Waals surface area contributed by atoms with Crippen LogP contribution in [-0.4, -0.2) is 143 Å². The van der Waals surface area contributed by atoms with Crippen LogP contribution in [0.25, 0.3) is 0 Å². The summed E-state index contributed by atoms with van der Waals surface area (Å²) in [5.41, 5.74) is 0. The van der Waals surface area contributed by atoms with Gasteiger partial charge >= 0.3 is 17.9 Å². The van der Waals surface area contributed by atoms with E-state index in [9.17, 15) is 14.4 Å². The molecule has 15 nitrogen and oxygen atoms in total. The van der Waals surface area contributed by atoms with Crippen molar-refractivity contribution in [3.05, 3.63) is 146 Å². The minimum atomic E-state index is -0.980. The van der Waals surface area contributed by atoms with Gasteiger partial charge in [0.2, 0.25) is 0 Å². The molecule has 0 radical (unpaired) electrons. The molecule has 90 heavy (non-hydrogen) atoms. The Kier molecular flexibility index (Phi) is 56.6. The van der Waals surface area contributed by atoms with Gasteiger partial charge in [0.15, 0.2) is 0 Å².